The van der Waals surface area contributed by atoms with Gasteiger partial charge in [0.05, 0.1) is 25.8 Å². The zero-order chi connectivity index (χ0) is 29.6. The third-order valence-corrected chi connectivity index (χ3v) is 9.55. The molecule has 2 fully saturated rings. The molecule has 3 heterocycles. The summed E-state index contributed by atoms with van der Waals surface area (Å²) in [5, 5.41) is 12.4. The van der Waals surface area contributed by atoms with Crippen LogP contribution in [0.25, 0.3) is 11.1 Å². The van der Waals surface area contributed by atoms with Gasteiger partial charge in [0.1, 0.15) is 18.4 Å². The molecule has 3 aliphatic rings. The summed E-state index contributed by atoms with van der Waals surface area (Å²) in [7, 11) is 0. The Hall–Kier alpha value is -4.06. The van der Waals surface area contributed by atoms with E-state index in [4.69, 9.17) is 20.6 Å². The minimum atomic E-state index is -1.05. The second-order valence-corrected chi connectivity index (χ2v) is 12.0. The number of benzene rings is 2. The Kier molecular flexibility index (Phi) is 7.34. The fourth-order valence-corrected chi connectivity index (χ4v) is 7.11. The van der Waals surface area contributed by atoms with Crippen molar-refractivity contribution in [2.24, 2.45) is 5.73 Å². The zero-order valence-electron chi connectivity index (χ0n) is 23.5. The highest BCUT2D eigenvalue weighted by Gasteiger charge is 2.52. The van der Waals surface area contributed by atoms with Crippen molar-refractivity contribution < 1.29 is 23.9 Å². The molecule has 3 aromatic rings. The highest BCUT2D eigenvalue weighted by molar-refractivity contribution is 7.10. The van der Waals surface area contributed by atoms with E-state index >= 15 is 0 Å². The van der Waals surface area contributed by atoms with Gasteiger partial charge in [-0.2, -0.15) is 0 Å². The van der Waals surface area contributed by atoms with E-state index < -0.39 is 11.8 Å². The average molecular weight is 588 g/mol. The van der Waals surface area contributed by atoms with E-state index in [0.717, 1.165) is 16.0 Å². The van der Waals surface area contributed by atoms with E-state index in [0.29, 0.717) is 30.9 Å². The molecule has 4 N–H and O–H groups in total. The topological polar surface area (TPSA) is 138 Å². The van der Waals surface area contributed by atoms with Crippen molar-refractivity contribution in [1.29, 1.82) is 5.41 Å². The first-order valence-electron chi connectivity index (χ1n) is 14.0. The number of hydrogen-bond donors (Lipinski definition) is 3. The lowest BCUT2D eigenvalue weighted by molar-refractivity contribution is -0.152. The molecule has 10 nitrogen and oxygen atoms in total. The summed E-state index contributed by atoms with van der Waals surface area (Å²) in [5.41, 5.74) is 11.4. The molecule has 6 rings (SSSR count). The molecule has 1 aliphatic carbocycles. The van der Waals surface area contributed by atoms with Gasteiger partial charge in [0, 0.05) is 33.8 Å². The van der Waals surface area contributed by atoms with Crippen molar-refractivity contribution in [3.63, 3.8) is 0 Å². The number of thiophene rings is 1. The van der Waals surface area contributed by atoms with Gasteiger partial charge in [-0.3, -0.25) is 19.8 Å². The molecular formula is C31H33N5O5S. The van der Waals surface area contributed by atoms with E-state index in [-0.39, 0.29) is 49.1 Å². The number of likely N-dealkylation sites (tertiary alicyclic amines) is 1. The van der Waals surface area contributed by atoms with Gasteiger partial charge in [0.25, 0.3) is 0 Å². The Bertz CT molecular complexity index is 1560. The maximum Gasteiger partial charge on any atom is 0.243 e. The van der Waals surface area contributed by atoms with Gasteiger partial charge >= 0.3 is 0 Å². The fourth-order valence-electron chi connectivity index (χ4n) is 6.19. The van der Waals surface area contributed by atoms with Crippen LogP contribution < -0.4 is 16.0 Å². The molecule has 0 radical (unpaired) electrons. The summed E-state index contributed by atoms with van der Waals surface area (Å²) in [6, 6.07) is 14.6. The summed E-state index contributed by atoms with van der Waals surface area (Å²) in [6.45, 7) is 4.62. The summed E-state index contributed by atoms with van der Waals surface area (Å²) in [4.78, 5) is 43.3. The van der Waals surface area contributed by atoms with Crippen molar-refractivity contribution >= 4 is 41.1 Å². The fraction of sp³-hybridized carbons (Fsp3) is 0.355. The third kappa shape index (κ3) is 4.97. The maximum absolute atomic E-state index is 13.8. The second kappa shape index (κ2) is 11.0. The van der Waals surface area contributed by atoms with Crippen LogP contribution in [0.1, 0.15) is 53.8 Å². The Balaban J connectivity index is 1.21. The summed E-state index contributed by atoms with van der Waals surface area (Å²) < 4.78 is 11.8. The number of anilines is 1. The zero-order valence-corrected chi connectivity index (χ0v) is 24.3. The van der Waals surface area contributed by atoms with Crippen molar-refractivity contribution in [2.75, 3.05) is 31.2 Å². The standard InChI is InChI=1S/C31H33N5O5S/c1-18-22-5-3-4-6-24(22)25-12-21(7-8-23(18)25)35(17-37)14-28(38)36-16-31(40-9-10-41-31)13-26(36)30(39)34-19(2)27-11-20(15-42-27)29(32)33/h3-8,11-12,15,17-19,26H,9-10,13-14,16H2,1-2H3,(H3,32,33)(H,34,39)/t18?,19-,26+/m1/s1. The quantitative estimate of drug-likeness (QED) is 0.210. The smallest absolute Gasteiger partial charge is 0.243 e. The predicted octanol–water partition coefficient (Wildman–Crippen LogP) is 3.35. The molecule has 1 spiro atoms. The average Bonchev–Trinajstić information content (AvgIpc) is 3.79. The number of nitrogens with zero attached hydrogens (tertiary/aromatic N) is 2. The molecule has 0 saturated carbocycles. The third-order valence-electron chi connectivity index (χ3n) is 8.43. The van der Waals surface area contributed by atoms with Gasteiger partial charge in [0.15, 0.2) is 5.79 Å². The lowest BCUT2D eigenvalue weighted by Crippen LogP contribution is -2.49. The first-order valence-corrected chi connectivity index (χ1v) is 14.8. The molecule has 3 amide bonds. The number of nitrogens with one attached hydrogen (secondary N) is 2. The van der Waals surface area contributed by atoms with Crippen LogP contribution in [0.15, 0.2) is 53.9 Å². The molecule has 0 bridgehead atoms. The van der Waals surface area contributed by atoms with Crippen LogP contribution >= 0.6 is 11.3 Å². The van der Waals surface area contributed by atoms with Crippen molar-refractivity contribution in [3.8, 4) is 11.1 Å². The van der Waals surface area contributed by atoms with E-state index in [2.05, 4.69) is 24.4 Å². The minimum absolute atomic E-state index is 0.0390. The number of ether oxygens (including phenoxy) is 2. The van der Waals surface area contributed by atoms with E-state index in [9.17, 15) is 14.4 Å². The number of rotatable bonds is 8. The molecule has 2 saturated heterocycles. The van der Waals surface area contributed by atoms with Crippen molar-refractivity contribution in [2.45, 2.75) is 44.1 Å². The molecule has 1 aromatic heterocycles. The summed E-state index contributed by atoms with van der Waals surface area (Å²) >= 11 is 1.40. The van der Waals surface area contributed by atoms with Crippen LogP contribution in [0.4, 0.5) is 5.69 Å². The first-order chi connectivity index (χ1) is 20.2. The Labute approximate surface area is 247 Å². The second-order valence-electron chi connectivity index (χ2n) is 11.0. The predicted molar refractivity (Wildman–Crippen MR) is 159 cm³/mol. The van der Waals surface area contributed by atoms with Crippen LogP contribution in [-0.4, -0.2) is 67.1 Å². The van der Waals surface area contributed by atoms with Gasteiger partial charge in [-0.1, -0.05) is 37.3 Å². The Morgan fingerprint density at radius 3 is 2.64 bits per heavy atom. The van der Waals surface area contributed by atoms with E-state index in [1.807, 2.05) is 37.3 Å². The maximum atomic E-state index is 13.8. The number of amides is 3. The number of carbonyl (C=O) groups excluding carboxylic acids is 3. The number of nitrogen functional groups attached to an aromatic ring is 1. The molecule has 11 heteroatoms. The highest BCUT2D eigenvalue weighted by Crippen LogP contribution is 2.45. The molecule has 3 atom stereocenters. The number of hydrogen-bond acceptors (Lipinski definition) is 7. The van der Waals surface area contributed by atoms with Gasteiger partial charge in [-0.05, 0) is 47.4 Å². The van der Waals surface area contributed by atoms with Gasteiger partial charge in [-0.25, -0.2) is 0 Å². The van der Waals surface area contributed by atoms with Crippen LogP contribution in [0.5, 0.6) is 0 Å². The molecule has 2 aliphatic heterocycles. The Morgan fingerprint density at radius 1 is 1.19 bits per heavy atom. The van der Waals surface area contributed by atoms with Crippen LogP contribution in [0.3, 0.4) is 0 Å². The minimum Gasteiger partial charge on any atom is -0.384 e. The van der Waals surface area contributed by atoms with E-state index in [1.54, 1.807) is 11.4 Å². The molecule has 218 valence electrons. The number of amidine groups is 1. The van der Waals surface area contributed by atoms with Crippen LogP contribution in [0, 0.1) is 5.41 Å². The highest BCUT2D eigenvalue weighted by atomic mass is 32.1. The Morgan fingerprint density at radius 2 is 1.93 bits per heavy atom. The van der Waals surface area contributed by atoms with Crippen molar-refractivity contribution in [1.82, 2.24) is 10.2 Å². The van der Waals surface area contributed by atoms with Gasteiger partial charge < -0.3 is 30.3 Å². The van der Waals surface area contributed by atoms with Gasteiger partial charge in [-0.15, -0.1) is 11.3 Å². The first kappa shape index (κ1) is 28.1. The SMILES string of the molecule is CC1c2ccccc2-c2cc(N(C=O)CC(=O)N3CC4(C[C@H]3C(=O)N[C@H](C)c3cc(C(=N)N)cs3)OCCO4)ccc21. The molecular weight excluding hydrogens is 554 g/mol. The lowest BCUT2D eigenvalue weighted by atomic mass is 9.99. The van der Waals surface area contributed by atoms with Crippen molar-refractivity contribution in [3.05, 3.63) is 75.5 Å². The number of carbonyl (C=O) groups is 3. The summed E-state index contributed by atoms with van der Waals surface area (Å²) in [5.74, 6) is -1.57. The number of fused-ring (bicyclic) bond motifs is 3. The lowest BCUT2D eigenvalue weighted by Gasteiger charge is -2.27. The molecule has 1 unspecified atom stereocenters. The monoisotopic (exact) mass is 587 g/mol. The summed E-state index contributed by atoms with van der Waals surface area (Å²) in [6.07, 6.45) is 0.841. The van der Waals surface area contributed by atoms with Crippen LogP contribution in [-0.2, 0) is 23.9 Å². The van der Waals surface area contributed by atoms with Crippen LogP contribution in [0.2, 0.25) is 0 Å². The van der Waals surface area contributed by atoms with Gasteiger partial charge in [0.2, 0.25) is 18.2 Å². The normalized spacial score (nSPS) is 20.7. The van der Waals surface area contributed by atoms with E-state index in [1.165, 1.54) is 32.3 Å². The molecule has 2 aromatic carbocycles. The largest absolute Gasteiger partial charge is 0.384 e. The number of nitrogens with two attached hydrogens (primary N) is 1. The molecule has 42 heavy (non-hydrogen) atoms.